The molecular weight excluding hydrogens is 603 g/mol. The normalized spacial score (nSPS) is 13.5. The first-order chi connectivity index (χ1) is 22.2. The maximum atomic E-state index is 14.1. The van der Waals surface area contributed by atoms with Crippen LogP contribution < -0.4 is 20.7 Å². The van der Waals surface area contributed by atoms with Crippen molar-refractivity contribution in [1.29, 1.82) is 0 Å². The van der Waals surface area contributed by atoms with Gasteiger partial charge in [0, 0.05) is 57.2 Å². The first-order valence-electron chi connectivity index (χ1n) is 14.4. The smallest absolute Gasteiger partial charge is 0.416 e. The quantitative estimate of drug-likeness (QED) is 0.193. The van der Waals surface area contributed by atoms with E-state index in [4.69, 9.17) is 9.47 Å². The van der Waals surface area contributed by atoms with E-state index in [-0.39, 0.29) is 24.4 Å². The fourth-order valence-corrected chi connectivity index (χ4v) is 4.75. The highest BCUT2D eigenvalue weighted by Gasteiger charge is 2.34. The van der Waals surface area contributed by atoms with Gasteiger partial charge in [0.25, 0.3) is 0 Å². The fourth-order valence-electron chi connectivity index (χ4n) is 4.75. The SMILES string of the molecule is CNc1cc(Oc2ccc(NC(=O)Nc3ccc(CN4CCN(C(=O)OCc5ccccc5)CC4)c(C(F)(F)F)c3)cc2)ncn1. The van der Waals surface area contributed by atoms with E-state index < -0.39 is 23.9 Å². The van der Waals surface area contributed by atoms with Crippen LogP contribution in [-0.2, 0) is 24.1 Å². The lowest BCUT2D eigenvalue weighted by Gasteiger charge is -2.34. The molecule has 0 radical (unpaired) electrons. The summed E-state index contributed by atoms with van der Waals surface area (Å²) in [4.78, 5) is 36.5. The number of rotatable bonds is 9. The Morgan fingerprint density at radius 2 is 1.57 bits per heavy atom. The number of ether oxygens (including phenoxy) is 2. The summed E-state index contributed by atoms with van der Waals surface area (Å²) in [6.07, 6.45) is -3.74. The van der Waals surface area contributed by atoms with Crippen molar-refractivity contribution in [1.82, 2.24) is 19.8 Å². The number of amides is 3. The van der Waals surface area contributed by atoms with Gasteiger partial charge in [-0.1, -0.05) is 36.4 Å². The van der Waals surface area contributed by atoms with Gasteiger partial charge in [-0.3, -0.25) is 4.90 Å². The molecule has 0 saturated carbocycles. The molecule has 3 N–H and O–H groups in total. The number of carbonyl (C=O) groups excluding carboxylic acids is 2. The third-order valence-corrected chi connectivity index (χ3v) is 7.14. The summed E-state index contributed by atoms with van der Waals surface area (Å²) in [6.45, 7) is 1.63. The maximum Gasteiger partial charge on any atom is 0.416 e. The number of carbonyl (C=O) groups is 2. The van der Waals surface area contributed by atoms with Crippen LogP contribution in [0.5, 0.6) is 11.6 Å². The Bertz CT molecular complexity index is 1630. The van der Waals surface area contributed by atoms with E-state index in [2.05, 4.69) is 25.9 Å². The van der Waals surface area contributed by atoms with E-state index in [0.717, 1.165) is 11.6 Å². The van der Waals surface area contributed by atoms with Crippen LogP contribution in [0.4, 0.5) is 40.0 Å². The number of piperazine rings is 1. The Morgan fingerprint density at radius 1 is 0.870 bits per heavy atom. The highest BCUT2D eigenvalue weighted by atomic mass is 19.4. The predicted molar refractivity (Wildman–Crippen MR) is 166 cm³/mol. The van der Waals surface area contributed by atoms with Crippen molar-refractivity contribution in [2.24, 2.45) is 0 Å². The van der Waals surface area contributed by atoms with Gasteiger partial charge in [0.05, 0.1) is 5.56 Å². The van der Waals surface area contributed by atoms with Gasteiger partial charge in [0.1, 0.15) is 24.5 Å². The number of halogens is 3. The first kappa shape index (κ1) is 32.0. The molecule has 2 heterocycles. The van der Waals surface area contributed by atoms with Crippen LogP contribution in [0.25, 0.3) is 0 Å². The number of hydrogen-bond acceptors (Lipinski definition) is 8. The van der Waals surface area contributed by atoms with Crippen LogP contribution in [0.15, 0.2) is 85.2 Å². The van der Waals surface area contributed by atoms with Crippen molar-refractivity contribution in [2.45, 2.75) is 19.3 Å². The van der Waals surface area contributed by atoms with Gasteiger partial charge in [-0.15, -0.1) is 0 Å². The maximum absolute atomic E-state index is 14.1. The zero-order chi connectivity index (χ0) is 32.5. The summed E-state index contributed by atoms with van der Waals surface area (Å²) in [5.41, 5.74) is 0.484. The molecule has 0 bridgehead atoms. The molecule has 1 saturated heterocycles. The second kappa shape index (κ2) is 14.6. The lowest BCUT2D eigenvalue weighted by atomic mass is 10.0. The van der Waals surface area contributed by atoms with Gasteiger partial charge in [-0.25, -0.2) is 19.6 Å². The van der Waals surface area contributed by atoms with Gasteiger partial charge in [0.15, 0.2) is 0 Å². The molecule has 1 fully saturated rings. The number of nitrogens with one attached hydrogen (secondary N) is 3. The molecule has 5 rings (SSSR count). The Labute approximate surface area is 263 Å². The molecule has 1 aromatic heterocycles. The second-order valence-electron chi connectivity index (χ2n) is 10.4. The van der Waals surface area contributed by atoms with Crippen LogP contribution in [0, 0.1) is 0 Å². The summed E-state index contributed by atoms with van der Waals surface area (Å²) in [6, 6.07) is 20.3. The van der Waals surface area contributed by atoms with E-state index in [1.54, 1.807) is 42.3 Å². The van der Waals surface area contributed by atoms with Crippen LogP contribution >= 0.6 is 0 Å². The molecule has 0 unspecified atom stereocenters. The fraction of sp³-hybridized carbons (Fsp3) is 0.250. The topological polar surface area (TPSA) is 121 Å². The second-order valence-corrected chi connectivity index (χ2v) is 10.4. The number of nitrogens with zero attached hydrogens (tertiary/aromatic N) is 4. The Balaban J connectivity index is 1.13. The largest absolute Gasteiger partial charge is 0.445 e. The molecule has 1 aliphatic rings. The van der Waals surface area contributed by atoms with Crippen molar-refractivity contribution in [2.75, 3.05) is 49.2 Å². The minimum Gasteiger partial charge on any atom is -0.445 e. The van der Waals surface area contributed by atoms with E-state index in [9.17, 15) is 22.8 Å². The van der Waals surface area contributed by atoms with Gasteiger partial charge in [-0.05, 0) is 47.5 Å². The number of alkyl halides is 3. The average Bonchev–Trinajstić information content (AvgIpc) is 3.05. The number of hydrogen-bond donors (Lipinski definition) is 3. The zero-order valence-electron chi connectivity index (χ0n) is 24.9. The third-order valence-electron chi connectivity index (χ3n) is 7.14. The van der Waals surface area contributed by atoms with Gasteiger partial charge in [-0.2, -0.15) is 13.2 Å². The molecule has 11 nitrogen and oxygen atoms in total. The van der Waals surface area contributed by atoms with E-state index in [1.165, 1.54) is 18.5 Å². The van der Waals surface area contributed by atoms with Gasteiger partial charge < -0.3 is 30.3 Å². The zero-order valence-corrected chi connectivity index (χ0v) is 24.9. The molecule has 0 atom stereocenters. The van der Waals surface area contributed by atoms with Crippen LogP contribution in [-0.4, -0.2) is 65.1 Å². The number of benzene rings is 3. The monoisotopic (exact) mass is 635 g/mol. The molecular formula is C32H32F3N7O4. The van der Waals surface area contributed by atoms with Crippen molar-refractivity contribution >= 4 is 29.3 Å². The lowest BCUT2D eigenvalue weighted by molar-refractivity contribution is -0.138. The lowest BCUT2D eigenvalue weighted by Crippen LogP contribution is -2.48. The highest BCUT2D eigenvalue weighted by Crippen LogP contribution is 2.35. The van der Waals surface area contributed by atoms with Crippen molar-refractivity contribution in [3.05, 3.63) is 102 Å². The van der Waals surface area contributed by atoms with E-state index >= 15 is 0 Å². The van der Waals surface area contributed by atoms with Crippen LogP contribution in [0.1, 0.15) is 16.7 Å². The van der Waals surface area contributed by atoms with E-state index in [0.29, 0.717) is 49.3 Å². The summed E-state index contributed by atoms with van der Waals surface area (Å²) in [5, 5.41) is 7.95. The summed E-state index contributed by atoms with van der Waals surface area (Å²) >= 11 is 0. The van der Waals surface area contributed by atoms with E-state index in [1.807, 2.05) is 35.2 Å². The Kier molecular flexibility index (Phi) is 10.2. The molecule has 3 amide bonds. The molecule has 240 valence electrons. The third kappa shape index (κ3) is 8.85. The summed E-state index contributed by atoms with van der Waals surface area (Å²) in [5.74, 6) is 1.36. The summed E-state index contributed by atoms with van der Waals surface area (Å²) < 4.78 is 53.2. The molecule has 46 heavy (non-hydrogen) atoms. The van der Waals surface area contributed by atoms with Gasteiger partial charge in [0.2, 0.25) is 5.88 Å². The number of aromatic nitrogens is 2. The molecule has 4 aromatic rings. The minimum atomic E-state index is -4.64. The number of urea groups is 1. The average molecular weight is 636 g/mol. The Hall–Kier alpha value is -5.37. The van der Waals surface area contributed by atoms with Crippen molar-refractivity contribution in [3.63, 3.8) is 0 Å². The number of anilines is 3. The van der Waals surface area contributed by atoms with Gasteiger partial charge >= 0.3 is 18.3 Å². The van der Waals surface area contributed by atoms with Crippen LogP contribution in [0.2, 0.25) is 0 Å². The molecule has 0 spiro atoms. The van der Waals surface area contributed by atoms with Crippen molar-refractivity contribution in [3.8, 4) is 11.6 Å². The molecule has 1 aliphatic heterocycles. The Morgan fingerprint density at radius 3 is 2.26 bits per heavy atom. The predicted octanol–water partition coefficient (Wildman–Crippen LogP) is 6.43. The molecule has 14 heteroatoms. The minimum absolute atomic E-state index is 0.0105. The first-order valence-corrected chi connectivity index (χ1v) is 14.4. The molecule has 0 aliphatic carbocycles. The standard InChI is InChI=1S/C32H32F3N7O4/c1-36-28-18-29(38-21-37-28)46-26-11-9-24(10-12-26)39-30(43)40-25-8-7-23(27(17-25)32(33,34)35)19-41-13-15-42(16-14-41)31(44)45-20-22-5-3-2-4-6-22/h2-12,17-18,21H,13-16,19-20H2,1H3,(H,36,37,38)(H2,39,40,43). The molecule has 3 aromatic carbocycles. The summed E-state index contributed by atoms with van der Waals surface area (Å²) in [7, 11) is 1.72. The highest BCUT2D eigenvalue weighted by molar-refractivity contribution is 5.99. The van der Waals surface area contributed by atoms with Crippen molar-refractivity contribution < 1.29 is 32.2 Å². The van der Waals surface area contributed by atoms with Crippen LogP contribution in [0.3, 0.4) is 0 Å².